The SMILES string of the molecule is N#Cc1cc(NC2CCc3ccc(F)cc32)c2ccccc2n1. The van der Waals surface area contributed by atoms with Crippen LogP contribution < -0.4 is 5.32 Å². The average Bonchev–Trinajstić information content (AvgIpc) is 2.97. The number of nitrogens with zero attached hydrogens (tertiary/aromatic N) is 2. The third kappa shape index (κ3) is 2.40. The molecule has 23 heavy (non-hydrogen) atoms. The lowest BCUT2D eigenvalue weighted by Crippen LogP contribution is -2.08. The Morgan fingerprint density at radius 2 is 2.04 bits per heavy atom. The van der Waals surface area contributed by atoms with E-state index in [0.717, 1.165) is 35.0 Å². The number of aromatic nitrogens is 1. The van der Waals surface area contributed by atoms with Gasteiger partial charge in [-0.2, -0.15) is 5.26 Å². The van der Waals surface area contributed by atoms with Crippen LogP contribution in [-0.4, -0.2) is 4.98 Å². The van der Waals surface area contributed by atoms with Crippen LogP contribution in [0.1, 0.15) is 29.3 Å². The summed E-state index contributed by atoms with van der Waals surface area (Å²) in [6.45, 7) is 0. The van der Waals surface area contributed by atoms with E-state index in [9.17, 15) is 9.65 Å². The summed E-state index contributed by atoms with van der Waals surface area (Å²) < 4.78 is 13.6. The predicted molar refractivity (Wildman–Crippen MR) is 87.5 cm³/mol. The van der Waals surface area contributed by atoms with Gasteiger partial charge >= 0.3 is 0 Å². The molecule has 1 aliphatic rings. The van der Waals surface area contributed by atoms with Gasteiger partial charge in [0.05, 0.1) is 11.6 Å². The summed E-state index contributed by atoms with van der Waals surface area (Å²) in [5.74, 6) is -0.213. The number of para-hydroxylation sites is 1. The quantitative estimate of drug-likeness (QED) is 0.766. The van der Waals surface area contributed by atoms with E-state index in [-0.39, 0.29) is 11.9 Å². The molecule has 0 saturated carbocycles. The molecular formula is C19H14FN3. The van der Waals surface area contributed by atoms with Gasteiger partial charge < -0.3 is 5.32 Å². The van der Waals surface area contributed by atoms with Crippen molar-refractivity contribution in [3.8, 4) is 6.07 Å². The molecule has 0 radical (unpaired) electrons. The van der Waals surface area contributed by atoms with Gasteiger partial charge in [-0.05, 0) is 48.2 Å². The Balaban J connectivity index is 1.78. The first-order valence-electron chi connectivity index (χ1n) is 7.59. The van der Waals surface area contributed by atoms with Crippen molar-refractivity contribution in [2.75, 3.05) is 5.32 Å². The smallest absolute Gasteiger partial charge is 0.143 e. The van der Waals surface area contributed by atoms with Crippen molar-refractivity contribution in [3.05, 3.63) is 71.2 Å². The Kier molecular flexibility index (Phi) is 3.20. The molecule has 1 heterocycles. The summed E-state index contributed by atoms with van der Waals surface area (Å²) in [5, 5.41) is 13.6. The second-order valence-corrected chi connectivity index (χ2v) is 5.76. The summed E-state index contributed by atoms with van der Waals surface area (Å²) in [5.41, 5.74) is 4.22. The number of fused-ring (bicyclic) bond motifs is 2. The van der Waals surface area contributed by atoms with Crippen LogP contribution in [0.3, 0.4) is 0 Å². The van der Waals surface area contributed by atoms with E-state index >= 15 is 0 Å². The first kappa shape index (κ1) is 13.7. The van der Waals surface area contributed by atoms with Gasteiger partial charge in [-0.3, -0.25) is 0 Å². The van der Waals surface area contributed by atoms with Gasteiger partial charge in [0.1, 0.15) is 17.6 Å². The summed E-state index contributed by atoms with van der Waals surface area (Å²) in [4.78, 5) is 4.33. The molecule has 4 heteroatoms. The molecule has 0 aliphatic heterocycles. The van der Waals surface area contributed by atoms with Crippen LogP contribution in [0, 0.1) is 17.1 Å². The van der Waals surface area contributed by atoms with Crippen molar-refractivity contribution in [1.29, 1.82) is 5.26 Å². The fourth-order valence-corrected chi connectivity index (χ4v) is 3.26. The van der Waals surface area contributed by atoms with Gasteiger partial charge in [0.2, 0.25) is 0 Å². The van der Waals surface area contributed by atoms with Gasteiger partial charge in [0, 0.05) is 11.1 Å². The minimum Gasteiger partial charge on any atom is -0.378 e. The number of rotatable bonds is 2. The number of hydrogen-bond acceptors (Lipinski definition) is 3. The molecule has 1 unspecified atom stereocenters. The third-order valence-electron chi connectivity index (χ3n) is 4.35. The molecule has 0 spiro atoms. The molecular weight excluding hydrogens is 289 g/mol. The van der Waals surface area contributed by atoms with Gasteiger partial charge in [-0.15, -0.1) is 0 Å². The summed E-state index contributed by atoms with van der Waals surface area (Å²) in [6, 6.07) is 16.6. The molecule has 1 aliphatic carbocycles. The van der Waals surface area contributed by atoms with E-state index in [4.69, 9.17) is 0 Å². The number of halogens is 1. The standard InChI is InChI=1S/C19H14FN3/c20-13-7-5-12-6-8-18(16(12)9-13)23-19-10-14(11-21)22-17-4-2-1-3-15(17)19/h1-5,7,9-10,18H,6,8H2,(H,22,23). The highest BCUT2D eigenvalue weighted by atomic mass is 19.1. The minimum absolute atomic E-state index is 0.0537. The predicted octanol–water partition coefficient (Wildman–Crippen LogP) is 4.34. The molecule has 3 nitrogen and oxygen atoms in total. The fourth-order valence-electron chi connectivity index (χ4n) is 3.26. The van der Waals surface area contributed by atoms with Crippen molar-refractivity contribution in [2.45, 2.75) is 18.9 Å². The highest BCUT2D eigenvalue weighted by molar-refractivity contribution is 5.92. The van der Waals surface area contributed by atoms with E-state index in [1.807, 2.05) is 30.3 Å². The number of aryl methyl sites for hydroxylation is 1. The van der Waals surface area contributed by atoms with Crippen molar-refractivity contribution < 1.29 is 4.39 Å². The zero-order valence-electron chi connectivity index (χ0n) is 12.4. The molecule has 0 saturated heterocycles. The van der Waals surface area contributed by atoms with E-state index in [1.165, 1.54) is 11.6 Å². The van der Waals surface area contributed by atoms with E-state index < -0.39 is 0 Å². The Bertz CT molecular complexity index is 943. The molecule has 3 aromatic rings. The van der Waals surface area contributed by atoms with Crippen LogP contribution in [0.15, 0.2) is 48.5 Å². The zero-order valence-corrected chi connectivity index (χ0v) is 12.4. The summed E-state index contributed by atoms with van der Waals surface area (Å²) >= 11 is 0. The molecule has 1 aromatic heterocycles. The van der Waals surface area contributed by atoms with E-state index in [0.29, 0.717) is 5.69 Å². The Morgan fingerprint density at radius 3 is 2.91 bits per heavy atom. The lowest BCUT2D eigenvalue weighted by molar-refractivity contribution is 0.624. The molecule has 1 N–H and O–H groups in total. The summed E-state index contributed by atoms with van der Waals surface area (Å²) in [6.07, 6.45) is 1.85. The Labute approximate surface area is 133 Å². The lowest BCUT2D eigenvalue weighted by atomic mass is 10.1. The molecule has 1 atom stereocenters. The first-order valence-corrected chi connectivity index (χ1v) is 7.59. The summed E-state index contributed by atoms with van der Waals surface area (Å²) in [7, 11) is 0. The van der Waals surface area contributed by atoms with Crippen LogP contribution in [0.4, 0.5) is 10.1 Å². The van der Waals surface area contributed by atoms with Crippen molar-refractivity contribution in [2.24, 2.45) is 0 Å². The molecule has 0 bridgehead atoms. The number of anilines is 1. The van der Waals surface area contributed by atoms with Crippen LogP contribution in [0.2, 0.25) is 0 Å². The van der Waals surface area contributed by atoms with Gasteiger partial charge in [0.25, 0.3) is 0 Å². The zero-order chi connectivity index (χ0) is 15.8. The normalized spacial score (nSPS) is 16.1. The second-order valence-electron chi connectivity index (χ2n) is 5.76. The van der Waals surface area contributed by atoms with Crippen LogP contribution in [0.25, 0.3) is 10.9 Å². The first-order chi connectivity index (χ1) is 11.2. The maximum absolute atomic E-state index is 13.6. The van der Waals surface area contributed by atoms with Crippen molar-refractivity contribution in [3.63, 3.8) is 0 Å². The van der Waals surface area contributed by atoms with Crippen LogP contribution in [-0.2, 0) is 6.42 Å². The largest absolute Gasteiger partial charge is 0.378 e. The number of benzene rings is 2. The topological polar surface area (TPSA) is 48.7 Å². The Morgan fingerprint density at radius 1 is 1.17 bits per heavy atom. The van der Waals surface area contributed by atoms with Crippen LogP contribution >= 0.6 is 0 Å². The van der Waals surface area contributed by atoms with Crippen molar-refractivity contribution >= 4 is 16.6 Å². The molecule has 0 amide bonds. The van der Waals surface area contributed by atoms with Gasteiger partial charge in [-0.1, -0.05) is 24.3 Å². The van der Waals surface area contributed by atoms with Gasteiger partial charge in [0.15, 0.2) is 0 Å². The highest BCUT2D eigenvalue weighted by Crippen LogP contribution is 2.36. The van der Waals surface area contributed by atoms with E-state index in [1.54, 1.807) is 12.1 Å². The maximum atomic E-state index is 13.6. The van der Waals surface area contributed by atoms with Crippen LogP contribution in [0.5, 0.6) is 0 Å². The highest BCUT2D eigenvalue weighted by Gasteiger charge is 2.23. The average molecular weight is 303 g/mol. The second kappa shape index (κ2) is 5.36. The number of hydrogen-bond donors (Lipinski definition) is 1. The number of nitriles is 1. The fraction of sp³-hybridized carbons (Fsp3) is 0.158. The van der Waals surface area contributed by atoms with Gasteiger partial charge in [-0.25, -0.2) is 9.37 Å². The molecule has 4 rings (SSSR count). The van der Waals surface area contributed by atoms with E-state index in [2.05, 4.69) is 16.4 Å². The minimum atomic E-state index is -0.213. The maximum Gasteiger partial charge on any atom is 0.143 e. The lowest BCUT2D eigenvalue weighted by Gasteiger charge is -2.17. The molecule has 2 aromatic carbocycles. The number of nitrogens with one attached hydrogen (secondary N) is 1. The number of pyridine rings is 1. The molecule has 112 valence electrons. The molecule has 0 fully saturated rings. The van der Waals surface area contributed by atoms with Crippen molar-refractivity contribution in [1.82, 2.24) is 4.98 Å². The monoisotopic (exact) mass is 303 g/mol. The third-order valence-corrected chi connectivity index (χ3v) is 4.35. The Hall–Kier alpha value is -2.93.